The first kappa shape index (κ1) is 26.1. The molecule has 7 nitrogen and oxygen atoms in total. The van der Waals surface area contributed by atoms with Crippen molar-refractivity contribution in [2.75, 3.05) is 33.4 Å². The Morgan fingerprint density at radius 3 is 2.41 bits per heavy atom. The van der Waals surface area contributed by atoms with Crippen molar-refractivity contribution in [3.63, 3.8) is 0 Å². The topological polar surface area (TPSA) is 106 Å². The summed E-state index contributed by atoms with van der Waals surface area (Å²) in [5, 5.41) is 11.9. The molecule has 0 aliphatic heterocycles. The fourth-order valence-electron chi connectivity index (χ4n) is 3.74. The van der Waals surface area contributed by atoms with E-state index in [1.807, 2.05) is 6.92 Å². The fourth-order valence-corrected chi connectivity index (χ4v) is 4.25. The van der Waals surface area contributed by atoms with Crippen LogP contribution in [0.4, 0.5) is 0 Å². The number of nitrogens with two attached hydrogens (primary N) is 1. The Hall–Kier alpha value is -0.910. The molecule has 2 rings (SSSR count). The van der Waals surface area contributed by atoms with Crippen LogP contribution >= 0.6 is 24.0 Å². The molecule has 166 valence electrons. The molecule has 0 amide bonds. The van der Waals surface area contributed by atoms with Crippen LogP contribution in [0, 0.1) is 5.41 Å². The second-order valence-electron chi connectivity index (χ2n) is 7.45. The summed E-state index contributed by atoms with van der Waals surface area (Å²) in [6.07, 6.45) is 6.89. The molecule has 1 aliphatic carbocycles. The molecular weight excluding hydrogens is 503 g/mol. The number of ether oxygens (including phenoxy) is 1. The molecule has 0 radical (unpaired) electrons. The molecule has 0 aromatic heterocycles. The maximum absolute atomic E-state index is 11.3. The van der Waals surface area contributed by atoms with Crippen molar-refractivity contribution in [1.29, 1.82) is 0 Å². The van der Waals surface area contributed by atoms with E-state index in [9.17, 15) is 8.42 Å². The summed E-state index contributed by atoms with van der Waals surface area (Å²) < 4.78 is 28.2. The summed E-state index contributed by atoms with van der Waals surface area (Å²) in [5.74, 6) is 0.795. The zero-order valence-electron chi connectivity index (χ0n) is 17.4. The highest BCUT2D eigenvalue weighted by Crippen LogP contribution is 2.40. The van der Waals surface area contributed by atoms with Crippen molar-refractivity contribution in [1.82, 2.24) is 10.6 Å². The van der Waals surface area contributed by atoms with Crippen LogP contribution in [0.2, 0.25) is 0 Å². The Bertz CT molecular complexity index is 733. The number of benzene rings is 1. The fraction of sp³-hybridized carbons (Fsp3) is 0.650. The lowest BCUT2D eigenvalue weighted by atomic mass is 9.83. The maximum atomic E-state index is 11.3. The van der Waals surface area contributed by atoms with E-state index in [0.29, 0.717) is 12.0 Å². The molecule has 4 N–H and O–H groups in total. The Labute approximate surface area is 192 Å². The molecule has 0 atom stereocenters. The van der Waals surface area contributed by atoms with Gasteiger partial charge in [-0.25, -0.2) is 13.6 Å². The standard InChI is InChI=1S/C20H34N4O3S.HI/c1-3-27-15-13-20(11-4-5-12-20)16-24-19(22-2)23-14-10-17-6-8-18(9-7-17)28(21,25)26;/h6-9H,3-5,10-16H2,1-2H3,(H2,21,25,26)(H2,22,23,24);1H. The monoisotopic (exact) mass is 538 g/mol. The smallest absolute Gasteiger partial charge is 0.238 e. The molecule has 0 heterocycles. The van der Waals surface area contributed by atoms with Crippen LogP contribution in [-0.2, 0) is 21.2 Å². The SMILES string of the molecule is CCOCCC1(CNC(=NC)NCCc2ccc(S(N)(=O)=O)cc2)CCCC1.I. The van der Waals surface area contributed by atoms with Crippen LogP contribution in [0.15, 0.2) is 34.2 Å². The van der Waals surface area contributed by atoms with Gasteiger partial charge in [0.2, 0.25) is 10.0 Å². The van der Waals surface area contributed by atoms with Crippen LogP contribution in [0.25, 0.3) is 0 Å². The van der Waals surface area contributed by atoms with Gasteiger partial charge in [-0.3, -0.25) is 4.99 Å². The van der Waals surface area contributed by atoms with Gasteiger partial charge in [-0.05, 0) is 55.7 Å². The summed E-state index contributed by atoms with van der Waals surface area (Å²) in [6, 6.07) is 6.66. The van der Waals surface area contributed by atoms with Gasteiger partial charge in [-0.1, -0.05) is 25.0 Å². The minimum absolute atomic E-state index is 0. The molecule has 1 fully saturated rings. The number of hydrogen-bond donors (Lipinski definition) is 3. The van der Waals surface area contributed by atoms with Crippen LogP contribution in [0.5, 0.6) is 0 Å². The zero-order valence-corrected chi connectivity index (χ0v) is 20.6. The van der Waals surface area contributed by atoms with Gasteiger partial charge >= 0.3 is 0 Å². The predicted octanol–water partition coefficient (Wildman–Crippen LogP) is 2.65. The summed E-state index contributed by atoms with van der Waals surface area (Å²) >= 11 is 0. The molecule has 0 bridgehead atoms. The summed E-state index contributed by atoms with van der Waals surface area (Å²) in [7, 11) is -1.87. The minimum atomic E-state index is -3.64. The third-order valence-corrected chi connectivity index (χ3v) is 6.39. The highest BCUT2D eigenvalue weighted by Gasteiger charge is 2.33. The largest absolute Gasteiger partial charge is 0.382 e. The predicted molar refractivity (Wildman–Crippen MR) is 128 cm³/mol. The molecular formula is C20H35IN4O3S. The van der Waals surface area contributed by atoms with E-state index in [-0.39, 0.29) is 28.9 Å². The van der Waals surface area contributed by atoms with Crippen molar-refractivity contribution in [2.45, 2.75) is 50.3 Å². The van der Waals surface area contributed by atoms with Gasteiger partial charge in [-0.15, -0.1) is 24.0 Å². The van der Waals surface area contributed by atoms with Gasteiger partial charge in [-0.2, -0.15) is 0 Å². The maximum Gasteiger partial charge on any atom is 0.238 e. The van der Waals surface area contributed by atoms with E-state index in [4.69, 9.17) is 9.88 Å². The lowest BCUT2D eigenvalue weighted by molar-refractivity contribution is 0.105. The molecule has 0 spiro atoms. The number of halogens is 1. The first-order valence-corrected chi connectivity index (χ1v) is 11.6. The highest BCUT2D eigenvalue weighted by atomic mass is 127. The van der Waals surface area contributed by atoms with E-state index in [1.165, 1.54) is 25.7 Å². The van der Waals surface area contributed by atoms with Gasteiger partial charge in [0.15, 0.2) is 5.96 Å². The number of sulfonamides is 1. The number of nitrogens with zero attached hydrogens (tertiary/aromatic N) is 1. The summed E-state index contributed by atoms with van der Waals surface area (Å²) in [6.45, 7) is 5.24. The summed E-state index contributed by atoms with van der Waals surface area (Å²) in [5.41, 5.74) is 1.34. The van der Waals surface area contributed by atoms with E-state index in [0.717, 1.165) is 44.1 Å². The van der Waals surface area contributed by atoms with Crippen molar-refractivity contribution >= 4 is 40.0 Å². The quantitative estimate of drug-likeness (QED) is 0.184. The normalized spacial score (nSPS) is 16.3. The van der Waals surface area contributed by atoms with Crippen LogP contribution in [0.3, 0.4) is 0 Å². The third kappa shape index (κ3) is 8.77. The van der Waals surface area contributed by atoms with Crippen LogP contribution in [0.1, 0.15) is 44.6 Å². The number of hydrogen-bond acceptors (Lipinski definition) is 4. The van der Waals surface area contributed by atoms with Gasteiger partial charge < -0.3 is 15.4 Å². The average molecular weight is 538 g/mol. The van der Waals surface area contributed by atoms with Crippen LogP contribution in [-0.4, -0.2) is 47.7 Å². The van der Waals surface area contributed by atoms with Crippen molar-refractivity contribution in [2.24, 2.45) is 15.5 Å². The first-order valence-electron chi connectivity index (χ1n) is 10.0. The number of guanidine groups is 1. The molecule has 1 aromatic carbocycles. The van der Waals surface area contributed by atoms with Gasteiger partial charge in [0.05, 0.1) is 4.90 Å². The second kappa shape index (κ2) is 12.7. The third-order valence-electron chi connectivity index (χ3n) is 5.46. The lowest BCUT2D eigenvalue weighted by Gasteiger charge is -2.30. The van der Waals surface area contributed by atoms with E-state index >= 15 is 0 Å². The molecule has 1 aliphatic rings. The summed E-state index contributed by atoms with van der Waals surface area (Å²) in [4.78, 5) is 4.46. The number of primary sulfonamides is 1. The minimum Gasteiger partial charge on any atom is -0.382 e. The lowest BCUT2D eigenvalue weighted by Crippen LogP contribution is -2.44. The van der Waals surface area contributed by atoms with E-state index in [2.05, 4.69) is 15.6 Å². The second-order valence-corrected chi connectivity index (χ2v) is 9.01. The molecule has 9 heteroatoms. The van der Waals surface area contributed by atoms with Gasteiger partial charge in [0.1, 0.15) is 0 Å². The van der Waals surface area contributed by atoms with Crippen molar-refractivity contribution in [3.8, 4) is 0 Å². The first-order chi connectivity index (χ1) is 13.4. The van der Waals surface area contributed by atoms with E-state index < -0.39 is 10.0 Å². The Balaban J connectivity index is 0.00000420. The number of nitrogens with one attached hydrogen (secondary N) is 2. The molecule has 0 saturated heterocycles. The molecule has 29 heavy (non-hydrogen) atoms. The Kier molecular flexibility index (Phi) is 11.4. The molecule has 0 unspecified atom stereocenters. The zero-order chi connectivity index (χ0) is 20.5. The average Bonchev–Trinajstić information content (AvgIpc) is 3.13. The van der Waals surface area contributed by atoms with Crippen molar-refractivity contribution < 1.29 is 13.2 Å². The van der Waals surface area contributed by atoms with Gasteiger partial charge in [0.25, 0.3) is 0 Å². The number of aliphatic imine (C=N–C) groups is 1. The highest BCUT2D eigenvalue weighted by molar-refractivity contribution is 14.0. The Morgan fingerprint density at radius 2 is 1.86 bits per heavy atom. The number of rotatable bonds is 10. The Morgan fingerprint density at radius 1 is 1.21 bits per heavy atom. The molecule has 1 aromatic rings. The van der Waals surface area contributed by atoms with Crippen molar-refractivity contribution in [3.05, 3.63) is 29.8 Å². The van der Waals surface area contributed by atoms with Crippen LogP contribution < -0.4 is 15.8 Å². The van der Waals surface area contributed by atoms with Gasteiger partial charge in [0, 0.05) is 33.4 Å². The van der Waals surface area contributed by atoms with E-state index in [1.54, 1.807) is 31.3 Å². The molecule has 1 saturated carbocycles.